The Morgan fingerprint density at radius 2 is 1.16 bits per heavy atom. The first kappa shape index (κ1) is 47.4. The first-order valence-electron chi connectivity index (χ1n) is 20.7. The molecule has 0 radical (unpaired) electrons. The van der Waals surface area contributed by atoms with Gasteiger partial charge >= 0.3 is 0 Å². The maximum absolute atomic E-state index is 12.8. The number of rotatable bonds is 33. The predicted molar refractivity (Wildman–Crippen MR) is 207 cm³/mol. The van der Waals surface area contributed by atoms with Crippen LogP contribution in [0.4, 0.5) is 0 Å². The Bertz CT molecular complexity index is 894. The molecule has 0 saturated carbocycles. The molecule has 0 aliphatic carbocycles. The number of aliphatic hydroxyl groups excluding tert-OH is 5. The van der Waals surface area contributed by atoms with Crippen molar-refractivity contribution in [2.45, 2.75) is 211 Å². The van der Waals surface area contributed by atoms with E-state index in [-0.39, 0.29) is 12.5 Å². The van der Waals surface area contributed by atoms with Gasteiger partial charge in [0.15, 0.2) is 6.29 Å². The lowest BCUT2D eigenvalue weighted by Crippen LogP contribution is -2.60. The average molecular weight is 724 g/mol. The summed E-state index contributed by atoms with van der Waals surface area (Å²) in [7, 11) is 0. The van der Waals surface area contributed by atoms with Crippen LogP contribution in [0.2, 0.25) is 0 Å². The van der Waals surface area contributed by atoms with Crippen molar-refractivity contribution in [2.75, 3.05) is 13.2 Å². The van der Waals surface area contributed by atoms with Crippen molar-refractivity contribution in [3.8, 4) is 0 Å². The van der Waals surface area contributed by atoms with E-state index in [1.54, 1.807) is 6.08 Å². The maximum atomic E-state index is 12.8. The van der Waals surface area contributed by atoms with Crippen molar-refractivity contribution >= 4 is 5.91 Å². The van der Waals surface area contributed by atoms with Gasteiger partial charge in [-0.3, -0.25) is 4.79 Å². The fourth-order valence-electron chi connectivity index (χ4n) is 6.30. The van der Waals surface area contributed by atoms with E-state index in [4.69, 9.17) is 9.47 Å². The molecule has 1 amide bonds. The molecular weight excluding hydrogens is 646 g/mol. The molecule has 1 saturated heterocycles. The molecule has 1 aliphatic heterocycles. The minimum absolute atomic E-state index is 0.188. The van der Waals surface area contributed by atoms with Gasteiger partial charge in [0.2, 0.25) is 5.91 Å². The third kappa shape index (κ3) is 24.4. The molecule has 1 heterocycles. The highest BCUT2D eigenvalue weighted by molar-refractivity contribution is 5.76. The Balaban J connectivity index is 2.19. The molecule has 0 spiro atoms. The molecule has 9 heteroatoms. The van der Waals surface area contributed by atoms with Gasteiger partial charge in [-0.05, 0) is 51.4 Å². The smallest absolute Gasteiger partial charge is 0.220 e. The van der Waals surface area contributed by atoms with Crippen molar-refractivity contribution in [1.82, 2.24) is 5.32 Å². The number of aliphatic hydroxyl groups is 5. The van der Waals surface area contributed by atoms with Gasteiger partial charge in [-0.25, -0.2) is 0 Å². The summed E-state index contributed by atoms with van der Waals surface area (Å²) in [5, 5.41) is 53.6. The molecule has 7 atom stereocenters. The van der Waals surface area contributed by atoms with E-state index in [0.717, 1.165) is 51.4 Å². The summed E-state index contributed by atoms with van der Waals surface area (Å²) in [5.41, 5.74) is 0. The summed E-state index contributed by atoms with van der Waals surface area (Å²) in [6, 6.07) is -0.800. The lowest BCUT2D eigenvalue weighted by atomic mass is 9.99. The molecule has 1 aliphatic rings. The number of hydrogen-bond donors (Lipinski definition) is 6. The summed E-state index contributed by atoms with van der Waals surface area (Å²) >= 11 is 0. The standard InChI is InChI=1S/C42H77NO8/c1-3-5-7-9-10-11-12-13-14-15-16-17-18-19-20-21-22-23-24-25-26-28-30-32-38(46)43-35(36(45)31-29-27-8-6-4-2)34-50-42-41(49)40(48)39(47)37(33-44)51-42/h12-13,15-16,29,31,35-37,39-42,44-45,47-49H,3-11,14,17-28,30,32-34H2,1-2H3,(H,43,46)/b13-12-,16-15-,31-29+. The second-order valence-corrected chi connectivity index (χ2v) is 14.4. The van der Waals surface area contributed by atoms with Crippen molar-refractivity contribution in [2.24, 2.45) is 0 Å². The summed E-state index contributed by atoms with van der Waals surface area (Å²) in [4.78, 5) is 12.8. The highest BCUT2D eigenvalue weighted by Crippen LogP contribution is 2.22. The first-order chi connectivity index (χ1) is 24.8. The molecule has 1 fully saturated rings. The number of unbranched alkanes of at least 4 members (excludes halogenated alkanes) is 19. The number of nitrogens with one attached hydrogen (secondary N) is 1. The third-order valence-electron chi connectivity index (χ3n) is 9.71. The van der Waals surface area contributed by atoms with E-state index >= 15 is 0 Å². The Morgan fingerprint density at radius 3 is 1.73 bits per heavy atom. The fourth-order valence-corrected chi connectivity index (χ4v) is 6.30. The molecule has 7 unspecified atom stereocenters. The number of hydrogen-bond acceptors (Lipinski definition) is 8. The van der Waals surface area contributed by atoms with Crippen LogP contribution in [-0.2, 0) is 14.3 Å². The Hall–Kier alpha value is -1.59. The average Bonchev–Trinajstić information content (AvgIpc) is 3.13. The summed E-state index contributed by atoms with van der Waals surface area (Å²) in [6.45, 7) is 3.63. The summed E-state index contributed by atoms with van der Waals surface area (Å²) in [5.74, 6) is -0.188. The Kier molecular flexibility index (Phi) is 30.7. The van der Waals surface area contributed by atoms with Gasteiger partial charge in [-0.15, -0.1) is 0 Å². The lowest BCUT2D eigenvalue weighted by molar-refractivity contribution is -0.302. The number of amides is 1. The minimum Gasteiger partial charge on any atom is -0.394 e. The van der Waals surface area contributed by atoms with Crippen LogP contribution in [0.25, 0.3) is 0 Å². The molecule has 6 N–H and O–H groups in total. The highest BCUT2D eigenvalue weighted by atomic mass is 16.7. The monoisotopic (exact) mass is 724 g/mol. The quantitative estimate of drug-likeness (QED) is 0.0298. The van der Waals surface area contributed by atoms with Crippen molar-refractivity contribution in [3.05, 3.63) is 36.5 Å². The SMILES string of the molecule is CCCCC/C=C/C(O)C(COC1OC(CO)C(O)C(O)C1O)NC(=O)CCCCCCCCCCCCC/C=C\C/C=C\CCCCCCC. The number of ether oxygens (including phenoxy) is 2. The minimum atomic E-state index is -1.56. The zero-order valence-corrected chi connectivity index (χ0v) is 32.4. The van der Waals surface area contributed by atoms with Crippen LogP contribution in [0.15, 0.2) is 36.5 Å². The van der Waals surface area contributed by atoms with Crippen LogP contribution in [0, 0.1) is 0 Å². The Labute approximate surface area is 311 Å². The topological polar surface area (TPSA) is 149 Å². The molecule has 0 aromatic heterocycles. The van der Waals surface area contributed by atoms with E-state index in [1.165, 1.54) is 96.3 Å². The zero-order chi connectivity index (χ0) is 37.4. The lowest BCUT2D eigenvalue weighted by Gasteiger charge is -2.40. The summed E-state index contributed by atoms with van der Waals surface area (Å²) < 4.78 is 11.1. The normalized spacial score (nSPS) is 22.4. The van der Waals surface area contributed by atoms with E-state index in [1.807, 2.05) is 6.08 Å². The van der Waals surface area contributed by atoms with Gasteiger partial charge in [0.25, 0.3) is 0 Å². The van der Waals surface area contributed by atoms with Crippen LogP contribution < -0.4 is 5.32 Å². The van der Waals surface area contributed by atoms with Gasteiger partial charge < -0.3 is 40.3 Å². The fraction of sp³-hybridized carbons (Fsp3) is 0.833. The number of carbonyl (C=O) groups excluding carboxylic acids is 1. The van der Waals surface area contributed by atoms with Crippen LogP contribution in [-0.4, -0.2) is 87.5 Å². The van der Waals surface area contributed by atoms with Gasteiger partial charge in [0, 0.05) is 6.42 Å². The molecule has 51 heavy (non-hydrogen) atoms. The second-order valence-electron chi connectivity index (χ2n) is 14.4. The second kappa shape index (κ2) is 33.0. The molecule has 1 rings (SSSR count). The number of allylic oxidation sites excluding steroid dienone is 5. The number of carbonyl (C=O) groups is 1. The van der Waals surface area contributed by atoms with Crippen molar-refractivity contribution in [3.63, 3.8) is 0 Å². The summed E-state index contributed by atoms with van der Waals surface area (Å²) in [6.07, 6.45) is 32.4. The largest absolute Gasteiger partial charge is 0.394 e. The maximum Gasteiger partial charge on any atom is 0.220 e. The van der Waals surface area contributed by atoms with E-state index < -0.39 is 49.5 Å². The van der Waals surface area contributed by atoms with Crippen LogP contribution in [0.3, 0.4) is 0 Å². The van der Waals surface area contributed by atoms with Gasteiger partial charge in [0.1, 0.15) is 24.4 Å². The molecular formula is C42H77NO8. The van der Waals surface area contributed by atoms with Gasteiger partial charge in [0.05, 0.1) is 25.4 Å². The molecule has 0 aromatic carbocycles. The van der Waals surface area contributed by atoms with E-state index in [0.29, 0.717) is 6.42 Å². The highest BCUT2D eigenvalue weighted by Gasteiger charge is 2.44. The van der Waals surface area contributed by atoms with Crippen molar-refractivity contribution < 1.29 is 39.8 Å². The third-order valence-corrected chi connectivity index (χ3v) is 9.71. The van der Waals surface area contributed by atoms with Gasteiger partial charge in [-0.2, -0.15) is 0 Å². The zero-order valence-electron chi connectivity index (χ0n) is 32.4. The van der Waals surface area contributed by atoms with Crippen molar-refractivity contribution in [1.29, 1.82) is 0 Å². The van der Waals surface area contributed by atoms with Gasteiger partial charge in [-0.1, -0.05) is 147 Å². The molecule has 0 aromatic rings. The molecule has 0 bridgehead atoms. The van der Waals surface area contributed by atoms with Crippen LogP contribution >= 0.6 is 0 Å². The van der Waals surface area contributed by atoms with E-state index in [9.17, 15) is 30.3 Å². The first-order valence-corrected chi connectivity index (χ1v) is 20.7. The van der Waals surface area contributed by atoms with E-state index in [2.05, 4.69) is 43.5 Å². The van der Waals surface area contributed by atoms with Crippen LogP contribution in [0.5, 0.6) is 0 Å². The van der Waals surface area contributed by atoms with Crippen LogP contribution in [0.1, 0.15) is 168 Å². The molecule has 9 nitrogen and oxygen atoms in total. The predicted octanol–water partition coefficient (Wildman–Crippen LogP) is 7.72. The Morgan fingerprint density at radius 1 is 0.667 bits per heavy atom. The molecule has 298 valence electrons.